The predicted octanol–water partition coefficient (Wildman–Crippen LogP) is 4.09. The maximum absolute atomic E-state index is 13.8. The number of hydrogen-bond acceptors (Lipinski definition) is 5. The third kappa shape index (κ3) is 4.48. The van der Waals surface area contributed by atoms with Crippen LogP contribution in [-0.2, 0) is 19.1 Å². The standard InChI is InChI=1S/C26H29N3O5/c1-4-33-25(32)14-13-23(30)28(18(2)3)17-24(31)29-20-10-6-5-9-19(20)27-15-7-11-21(27)26(29)22-12-8-16-34-22/h5-12,15-16,18,26H,4,13-14,17H2,1-3H3. The van der Waals surface area contributed by atoms with Gasteiger partial charge in [-0.2, -0.15) is 0 Å². The molecule has 178 valence electrons. The fourth-order valence-corrected chi connectivity index (χ4v) is 4.34. The van der Waals surface area contributed by atoms with E-state index in [4.69, 9.17) is 9.15 Å². The van der Waals surface area contributed by atoms with E-state index in [0.29, 0.717) is 5.76 Å². The number of benzene rings is 1. The second-order valence-corrected chi connectivity index (χ2v) is 8.39. The van der Waals surface area contributed by atoms with Gasteiger partial charge in [0.05, 0.1) is 36.4 Å². The lowest BCUT2D eigenvalue weighted by Gasteiger charge is -2.38. The molecule has 0 saturated carbocycles. The number of carbonyl (C=O) groups excluding carboxylic acids is 3. The molecule has 0 spiro atoms. The minimum absolute atomic E-state index is 0.00859. The normalized spacial score (nSPS) is 14.5. The van der Waals surface area contributed by atoms with Crippen molar-refractivity contribution in [3.05, 3.63) is 72.4 Å². The molecule has 1 aromatic carbocycles. The topological polar surface area (TPSA) is 85.0 Å². The van der Waals surface area contributed by atoms with Gasteiger partial charge in [0.15, 0.2) is 0 Å². The van der Waals surface area contributed by atoms with Crippen molar-refractivity contribution in [3.63, 3.8) is 0 Å². The van der Waals surface area contributed by atoms with Crippen molar-refractivity contribution in [1.29, 1.82) is 0 Å². The van der Waals surface area contributed by atoms with Crippen LogP contribution in [0.25, 0.3) is 5.69 Å². The van der Waals surface area contributed by atoms with Crippen LogP contribution in [0.4, 0.5) is 5.69 Å². The van der Waals surface area contributed by atoms with Crippen molar-refractivity contribution in [2.45, 2.75) is 45.7 Å². The first-order chi connectivity index (χ1) is 16.4. The van der Waals surface area contributed by atoms with Crippen LogP contribution in [0.2, 0.25) is 0 Å². The third-order valence-electron chi connectivity index (χ3n) is 5.90. The maximum atomic E-state index is 13.8. The summed E-state index contributed by atoms with van der Waals surface area (Å²) in [6, 6.07) is 14.5. The lowest BCUT2D eigenvalue weighted by molar-refractivity contribution is -0.146. The van der Waals surface area contributed by atoms with Crippen molar-refractivity contribution in [2.75, 3.05) is 18.1 Å². The summed E-state index contributed by atoms with van der Waals surface area (Å²) < 4.78 is 12.7. The molecule has 1 unspecified atom stereocenters. The molecule has 0 fully saturated rings. The number of furan rings is 1. The number of nitrogens with zero attached hydrogens (tertiary/aromatic N) is 3. The number of hydrogen-bond donors (Lipinski definition) is 0. The molecule has 3 heterocycles. The van der Waals surface area contributed by atoms with Crippen molar-refractivity contribution >= 4 is 23.5 Å². The van der Waals surface area contributed by atoms with Crippen LogP contribution >= 0.6 is 0 Å². The van der Waals surface area contributed by atoms with Crippen LogP contribution in [-0.4, -0.2) is 46.4 Å². The Morgan fingerprint density at radius 2 is 1.79 bits per heavy atom. The second-order valence-electron chi connectivity index (χ2n) is 8.39. The molecule has 0 bridgehead atoms. The van der Waals surface area contributed by atoms with E-state index in [2.05, 4.69) is 4.57 Å². The summed E-state index contributed by atoms with van der Waals surface area (Å²) in [6.07, 6.45) is 3.53. The van der Waals surface area contributed by atoms with Gasteiger partial charge in [0.25, 0.3) is 0 Å². The van der Waals surface area contributed by atoms with Crippen LogP contribution in [0.3, 0.4) is 0 Å². The van der Waals surface area contributed by atoms with Crippen LogP contribution in [0, 0.1) is 0 Å². The van der Waals surface area contributed by atoms with E-state index in [0.717, 1.165) is 17.1 Å². The first-order valence-electron chi connectivity index (χ1n) is 11.5. The SMILES string of the molecule is CCOC(=O)CCC(=O)N(CC(=O)N1c2ccccc2-n2cccc2C1c1ccco1)C(C)C. The zero-order valence-electron chi connectivity index (χ0n) is 19.6. The molecule has 0 aliphatic carbocycles. The van der Waals surface area contributed by atoms with Gasteiger partial charge in [-0.25, -0.2) is 0 Å². The van der Waals surface area contributed by atoms with E-state index in [9.17, 15) is 14.4 Å². The Bertz CT molecular complexity index is 1160. The Labute approximate surface area is 198 Å². The van der Waals surface area contributed by atoms with E-state index < -0.39 is 12.0 Å². The van der Waals surface area contributed by atoms with Crippen molar-refractivity contribution in [3.8, 4) is 5.69 Å². The molecule has 1 aliphatic rings. The van der Waals surface area contributed by atoms with Gasteiger partial charge in [-0.3, -0.25) is 19.3 Å². The molecule has 2 amide bonds. The zero-order valence-corrected chi connectivity index (χ0v) is 19.6. The number of anilines is 1. The number of esters is 1. The molecule has 8 nitrogen and oxygen atoms in total. The minimum atomic E-state index is -0.476. The lowest BCUT2D eigenvalue weighted by Crippen LogP contribution is -2.48. The summed E-state index contributed by atoms with van der Waals surface area (Å²) in [5, 5.41) is 0. The number of ether oxygens (including phenoxy) is 1. The highest BCUT2D eigenvalue weighted by Gasteiger charge is 2.38. The van der Waals surface area contributed by atoms with Crippen LogP contribution in [0.1, 0.15) is 51.1 Å². The molecule has 1 aliphatic heterocycles. The molecule has 0 saturated heterocycles. The number of amides is 2. The molecule has 0 N–H and O–H groups in total. The van der Waals surface area contributed by atoms with E-state index in [1.54, 1.807) is 24.2 Å². The summed E-state index contributed by atoms with van der Waals surface area (Å²) in [5.41, 5.74) is 2.51. The minimum Gasteiger partial charge on any atom is -0.467 e. The summed E-state index contributed by atoms with van der Waals surface area (Å²) in [7, 11) is 0. The lowest BCUT2D eigenvalue weighted by atomic mass is 10.0. The number of aromatic nitrogens is 1. The molecule has 34 heavy (non-hydrogen) atoms. The highest BCUT2D eigenvalue weighted by molar-refractivity contribution is 6.00. The number of fused-ring (bicyclic) bond motifs is 3. The highest BCUT2D eigenvalue weighted by Crippen LogP contribution is 2.42. The third-order valence-corrected chi connectivity index (χ3v) is 5.90. The van der Waals surface area contributed by atoms with Gasteiger partial charge in [-0.05, 0) is 57.2 Å². The van der Waals surface area contributed by atoms with Crippen molar-refractivity contribution < 1.29 is 23.5 Å². The molecule has 3 aromatic rings. The van der Waals surface area contributed by atoms with Gasteiger partial charge in [0, 0.05) is 18.7 Å². The molecule has 1 atom stereocenters. The Morgan fingerprint density at radius 1 is 1.03 bits per heavy atom. The van der Waals surface area contributed by atoms with E-state index >= 15 is 0 Å². The number of carbonyl (C=O) groups is 3. The molecule has 8 heteroatoms. The van der Waals surface area contributed by atoms with Crippen LogP contribution in [0.15, 0.2) is 65.4 Å². The number of para-hydroxylation sites is 2. The first-order valence-corrected chi connectivity index (χ1v) is 11.5. The molecular formula is C26H29N3O5. The van der Waals surface area contributed by atoms with Gasteiger partial charge in [-0.1, -0.05) is 12.1 Å². The first kappa shape index (κ1) is 23.4. The van der Waals surface area contributed by atoms with Crippen molar-refractivity contribution in [2.24, 2.45) is 0 Å². The highest BCUT2D eigenvalue weighted by atomic mass is 16.5. The van der Waals surface area contributed by atoms with Gasteiger partial charge in [-0.15, -0.1) is 0 Å². The molecule has 4 rings (SSSR count). The smallest absolute Gasteiger partial charge is 0.306 e. The Hall–Kier alpha value is -3.81. The largest absolute Gasteiger partial charge is 0.467 e. The fourth-order valence-electron chi connectivity index (χ4n) is 4.34. The quantitative estimate of drug-likeness (QED) is 0.470. The number of rotatable bonds is 8. The average Bonchev–Trinajstić information content (AvgIpc) is 3.52. The fraction of sp³-hybridized carbons (Fsp3) is 0.346. The average molecular weight is 464 g/mol. The Balaban J connectivity index is 1.65. The predicted molar refractivity (Wildman–Crippen MR) is 127 cm³/mol. The van der Waals surface area contributed by atoms with E-state index in [1.807, 2.05) is 62.5 Å². The second kappa shape index (κ2) is 9.99. The Morgan fingerprint density at radius 3 is 2.47 bits per heavy atom. The summed E-state index contributed by atoms with van der Waals surface area (Å²) in [5.74, 6) is -0.291. The van der Waals surface area contributed by atoms with E-state index in [1.165, 1.54) is 4.90 Å². The monoisotopic (exact) mass is 463 g/mol. The van der Waals surface area contributed by atoms with Crippen molar-refractivity contribution in [1.82, 2.24) is 9.47 Å². The summed E-state index contributed by atoms with van der Waals surface area (Å²) in [6.45, 7) is 5.58. The van der Waals surface area contributed by atoms with Gasteiger partial charge in [0.1, 0.15) is 18.3 Å². The molecule has 0 radical (unpaired) electrons. The van der Waals surface area contributed by atoms with Gasteiger partial charge >= 0.3 is 5.97 Å². The maximum Gasteiger partial charge on any atom is 0.306 e. The summed E-state index contributed by atoms with van der Waals surface area (Å²) in [4.78, 5) is 41.7. The molecular weight excluding hydrogens is 434 g/mol. The van der Waals surface area contributed by atoms with Crippen LogP contribution in [0.5, 0.6) is 0 Å². The molecule has 2 aromatic heterocycles. The van der Waals surface area contributed by atoms with Gasteiger partial charge in [0.2, 0.25) is 11.8 Å². The van der Waals surface area contributed by atoms with E-state index in [-0.39, 0.29) is 43.8 Å². The summed E-state index contributed by atoms with van der Waals surface area (Å²) >= 11 is 0. The zero-order chi connectivity index (χ0) is 24.2. The Kier molecular flexibility index (Phi) is 6.86. The van der Waals surface area contributed by atoms with Gasteiger partial charge < -0.3 is 18.6 Å². The van der Waals surface area contributed by atoms with Crippen LogP contribution < -0.4 is 4.90 Å².